The van der Waals surface area contributed by atoms with Crippen LogP contribution < -0.4 is 5.32 Å². The van der Waals surface area contributed by atoms with Crippen molar-refractivity contribution in [3.05, 3.63) is 18.2 Å². The van der Waals surface area contributed by atoms with Crippen LogP contribution in [0.2, 0.25) is 0 Å². The van der Waals surface area contributed by atoms with E-state index in [-0.39, 0.29) is 18.2 Å². The lowest BCUT2D eigenvalue weighted by Crippen LogP contribution is -2.25. The SMILES string of the molecule is CCN(CC)CCCNc1n[nH]c2ccc(O)cc12.Cl. The molecule has 1 aromatic carbocycles. The van der Waals surface area contributed by atoms with Gasteiger partial charge < -0.3 is 15.3 Å². The molecule has 0 aliphatic heterocycles. The van der Waals surface area contributed by atoms with Crippen molar-refractivity contribution < 1.29 is 5.11 Å². The first-order chi connectivity index (χ1) is 9.24. The van der Waals surface area contributed by atoms with Crippen LogP contribution in [-0.4, -0.2) is 46.4 Å². The summed E-state index contributed by atoms with van der Waals surface area (Å²) in [5, 5.41) is 20.9. The summed E-state index contributed by atoms with van der Waals surface area (Å²) in [5.41, 5.74) is 0.934. The van der Waals surface area contributed by atoms with Crippen LogP contribution in [-0.2, 0) is 0 Å². The molecule has 0 saturated carbocycles. The van der Waals surface area contributed by atoms with Crippen molar-refractivity contribution in [3.8, 4) is 5.75 Å². The average Bonchev–Trinajstić information content (AvgIpc) is 2.81. The number of nitrogens with zero attached hydrogens (tertiary/aromatic N) is 2. The lowest BCUT2D eigenvalue weighted by molar-refractivity contribution is 0.303. The quantitative estimate of drug-likeness (QED) is 0.688. The monoisotopic (exact) mass is 298 g/mol. The molecule has 1 heterocycles. The number of anilines is 1. The molecule has 0 aliphatic rings. The Hall–Kier alpha value is -1.46. The van der Waals surface area contributed by atoms with Gasteiger partial charge in [-0.25, -0.2) is 0 Å². The van der Waals surface area contributed by atoms with E-state index in [0.717, 1.165) is 49.3 Å². The predicted molar refractivity (Wildman–Crippen MR) is 85.9 cm³/mol. The molecule has 20 heavy (non-hydrogen) atoms. The first-order valence-electron chi connectivity index (χ1n) is 6.88. The number of nitrogens with one attached hydrogen (secondary N) is 2. The third-order valence-electron chi connectivity index (χ3n) is 3.38. The molecule has 0 amide bonds. The maximum atomic E-state index is 9.51. The van der Waals surface area contributed by atoms with Gasteiger partial charge in [0.25, 0.3) is 0 Å². The summed E-state index contributed by atoms with van der Waals surface area (Å²) in [5.74, 6) is 1.07. The number of halogens is 1. The molecule has 0 atom stereocenters. The van der Waals surface area contributed by atoms with E-state index in [2.05, 4.69) is 34.3 Å². The molecular weight excluding hydrogens is 276 g/mol. The third-order valence-corrected chi connectivity index (χ3v) is 3.38. The Morgan fingerprint density at radius 2 is 2.05 bits per heavy atom. The number of phenols is 1. The van der Waals surface area contributed by atoms with Gasteiger partial charge in [-0.3, -0.25) is 5.10 Å². The van der Waals surface area contributed by atoms with E-state index in [4.69, 9.17) is 0 Å². The highest BCUT2D eigenvalue weighted by molar-refractivity contribution is 5.90. The minimum atomic E-state index is 0. The van der Waals surface area contributed by atoms with Gasteiger partial charge in [-0.1, -0.05) is 13.8 Å². The van der Waals surface area contributed by atoms with Gasteiger partial charge in [0.2, 0.25) is 0 Å². The van der Waals surface area contributed by atoms with Crippen LogP contribution in [0.15, 0.2) is 18.2 Å². The molecule has 0 fully saturated rings. The average molecular weight is 299 g/mol. The number of H-pyrrole nitrogens is 1. The number of aromatic amines is 1. The highest BCUT2D eigenvalue weighted by Crippen LogP contribution is 2.24. The second-order valence-electron chi connectivity index (χ2n) is 4.61. The van der Waals surface area contributed by atoms with E-state index >= 15 is 0 Å². The largest absolute Gasteiger partial charge is 0.508 e. The summed E-state index contributed by atoms with van der Waals surface area (Å²) >= 11 is 0. The van der Waals surface area contributed by atoms with Gasteiger partial charge >= 0.3 is 0 Å². The maximum absolute atomic E-state index is 9.51. The summed E-state index contributed by atoms with van der Waals surface area (Å²) in [6.45, 7) is 8.52. The number of aromatic nitrogens is 2. The normalized spacial score (nSPS) is 10.8. The molecule has 6 heteroatoms. The van der Waals surface area contributed by atoms with Gasteiger partial charge in [0, 0.05) is 11.9 Å². The molecule has 0 bridgehead atoms. The van der Waals surface area contributed by atoms with Crippen LogP contribution in [0.25, 0.3) is 10.9 Å². The van der Waals surface area contributed by atoms with Crippen molar-refractivity contribution in [2.24, 2.45) is 0 Å². The van der Waals surface area contributed by atoms with Gasteiger partial charge in [0.15, 0.2) is 5.82 Å². The number of fused-ring (bicyclic) bond motifs is 1. The zero-order valence-corrected chi connectivity index (χ0v) is 12.8. The second-order valence-corrected chi connectivity index (χ2v) is 4.61. The standard InChI is InChI=1S/C14H22N4O.ClH/c1-3-18(4-2)9-5-8-15-14-12-10-11(19)6-7-13(12)16-17-14;/h6-7,10,19H,3-5,8-9H2,1-2H3,(H2,15,16,17);1H. The molecule has 1 aromatic heterocycles. The Morgan fingerprint density at radius 1 is 1.30 bits per heavy atom. The number of rotatable bonds is 7. The number of hydrogen-bond donors (Lipinski definition) is 3. The van der Waals surface area contributed by atoms with Gasteiger partial charge in [0.05, 0.1) is 5.52 Å². The van der Waals surface area contributed by atoms with Crippen LogP contribution >= 0.6 is 12.4 Å². The molecule has 112 valence electrons. The van der Waals surface area contributed by atoms with E-state index in [1.54, 1.807) is 12.1 Å². The smallest absolute Gasteiger partial charge is 0.155 e. The van der Waals surface area contributed by atoms with Crippen molar-refractivity contribution in [2.45, 2.75) is 20.3 Å². The van der Waals surface area contributed by atoms with Gasteiger partial charge in [-0.15, -0.1) is 12.4 Å². The molecule has 0 saturated heterocycles. The zero-order valence-electron chi connectivity index (χ0n) is 12.0. The van der Waals surface area contributed by atoms with Gasteiger partial charge in [-0.05, 0) is 44.3 Å². The highest BCUT2D eigenvalue weighted by Gasteiger charge is 2.06. The van der Waals surface area contributed by atoms with Crippen molar-refractivity contribution in [3.63, 3.8) is 0 Å². The maximum Gasteiger partial charge on any atom is 0.155 e. The molecular formula is C14H23ClN4O. The molecule has 3 N–H and O–H groups in total. The Kier molecular flexibility index (Phi) is 6.61. The van der Waals surface area contributed by atoms with E-state index in [1.165, 1.54) is 0 Å². The fraction of sp³-hybridized carbons (Fsp3) is 0.500. The Bertz CT molecular complexity index is 525. The van der Waals surface area contributed by atoms with Crippen LogP contribution in [0, 0.1) is 0 Å². The molecule has 2 rings (SSSR count). The van der Waals surface area contributed by atoms with Crippen molar-refractivity contribution in [1.29, 1.82) is 0 Å². The van der Waals surface area contributed by atoms with Crippen LogP contribution in [0.1, 0.15) is 20.3 Å². The Morgan fingerprint density at radius 3 is 2.75 bits per heavy atom. The Balaban J connectivity index is 0.00000200. The molecule has 0 unspecified atom stereocenters. The topological polar surface area (TPSA) is 64.2 Å². The number of phenolic OH excluding ortho intramolecular Hbond substituents is 1. The first kappa shape index (κ1) is 16.6. The summed E-state index contributed by atoms with van der Waals surface area (Å²) < 4.78 is 0. The van der Waals surface area contributed by atoms with E-state index in [9.17, 15) is 5.11 Å². The van der Waals surface area contributed by atoms with E-state index in [1.807, 2.05) is 6.07 Å². The van der Waals surface area contributed by atoms with Crippen molar-refractivity contribution in [2.75, 3.05) is 31.5 Å². The minimum absolute atomic E-state index is 0. The second kappa shape index (κ2) is 7.97. The molecule has 2 aromatic rings. The molecule has 5 nitrogen and oxygen atoms in total. The fourth-order valence-electron chi connectivity index (χ4n) is 2.19. The minimum Gasteiger partial charge on any atom is -0.508 e. The van der Waals surface area contributed by atoms with E-state index in [0.29, 0.717) is 0 Å². The zero-order chi connectivity index (χ0) is 13.7. The highest BCUT2D eigenvalue weighted by atomic mass is 35.5. The number of hydrogen-bond acceptors (Lipinski definition) is 4. The summed E-state index contributed by atoms with van der Waals surface area (Å²) in [7, 11) is 0. The third kappa shape index (κ3) is 4.02. The lowest BCUT2D eigenvalue weighted by Gasteiger charge is -2.17. The molecule has 0 aliphatic carbocycles. The van der Waals surface area contributed by atoms with Gasteiger partial charge in [-0.2, -0.15) is 5.10 Å². The van der Waals surface area contributed by atoms with Crippen molar-refractivity contribution in [1.82, 2.24) is 15.1 Å². The predicted octanol–water partition coefficient (Wildman–Crippen LogP) is 2.83. The lowest BCUT2D eigenvalue weighted by atomic mass is 10.2. The first-order valence-corrected chi connectivity index (χ1v) is 6.88. The van der Waals surface area contributed by atoms with Gasteiger partial charge in [0.1, 0.15) is 5.75 Å². The molecule has 0 spiro atoms. The van der Waals surface area contributed by atoms with E-state index < -0.39 is 0 Å². The number of benzene rings is 1. The summed E-state index contributed by atoms with van der Waals surface area (Å²) in [6.07, 6.45) is 1.08. The van der Waals surface area contributed by atoms with Crippen LogP contribution in [0.3, 0.4) is 0 Å². The van der Waals surface area contributed by atoms with Crippen LogP contribution in [0.4, 0.5) is 5.82 Å². The molecule has 0 radical (unpaired) electrons. The Labute approximate surface area is 125 Å². The number of aromatic hydroxyl groups is 1. The summed E-state index contributed by atoms with van der Waals surface area (Å²) in [4.78, 5) is 2.40. The summed E-state index contributed by atoms with van der Waals surface area (Å²) in [6, 6.07) is 5.22. The van der Waals surface area contributed by atoms with Crippen LogP contribution in [0.5, 0.6) is 5.75 Å². The fourth-order valence-corrected chi connectivity index (χ4v) is 2.19. The van der Waals surface area contributed by atoms with Crippen molar-refractivity contribution >= 4 is 29.1 Å².